The van der Waals surface area contributed by atoms with Crippen LogP contribution in [0.1, 0.15) is 23.2 Å². The molecule has 1 aromatic heterocycles. The highest BCUT2D eigenvalue weighted by Crippen LogP contribution is 2.33. The predicted molar refractivity (Wildman–Crippen MR) is 89.4 cm³/mol. The van der Waals surface area contributed by atoms with Gasteiger partial charge in [-0.3, -0.25) is 9.69 Å². The second kappa shape index (κ2) is 5.65. The molecular weight excluding hydrogens is 290 g/mol. The Labute approximate surface area is 136 Å². The number of benzene rings is 1. The van der Waals surface area contributed by atoms with Gasteiger partial charge in [0.25, 0.3) is 5.91 Å². The average molecular weight is 313 g/mol. The summed E-state index contributed by atoms with van der Waals surface area (Å²) in [7, 11) is 1.99. The zero-order valence-corrected chi connectivity index (χ0v) is 13.5. The quantitative estimate of drug-likeness (QED) is 0.933. The highest BCUT2D eigenvalue weighted by atomic mass is 16.3. The Morgan fingerprint density at radius 3 is 2.61 bits per heavy atom. The van der Waals surface area contributed by atoms with Crippen molar-refractivity contribution in [3.8, 4) is 0 Å². The van der Waals surface area contributed by atoms with Gasteiger partial charge in [-0.1, -0.05) is 18.2 Å². The summed E-state index contributed by atoms with van der Waals surface area (Å²) in [6, 6.07) is 8.66. The van der Waals surface area contributed by atoms with Crippen molar-refractivity contribution in [1.82, 2.24) is 14.4 Å². The fraction of sp³-hybridized carbons (Fsp3) is 0.500. The summed E-state index contributed by atoms with van der Waals surface area (Å²) < 4.78 is 2.03. The third-order valence-corrected chi connectivity index (χ3v) is 5.34. The van der Waals surface area contributed by atoms with E-state index in [0.717, 1.165) is 42.4 Å². The zero-order chi connectivity index (χ0) is 16.0. The average Bonchev–Trinajstić information content (AvgIpc) is 3.03. The topological polar surface area (TPSA) is 48.7 Å². The maximum atomic E-state index is 13.2. The zero-order valence-electron chi connectivity index (χ0n) is 13.5. The Bertz CT molecular complexity index is 725. The number of carbonyl (C=O) groups is 1. The molecule has 2 unspecified atom stereocenters. The number of aromatic nitrogens is 1. The first-order chi connectivity index (χ1) is 11.2. The number of hydrogen-bond acceptors (Lipinski definition) is 3. The van der Waals surface area contributed by atoms with Gasteiger partial charge in [0.05, 0.1) is 12.2 Å². The predicted octanol–water partition coefficient (Wildman–Crippen LogP) is 1.46. The minimum Gasteiger partial charge on any atom is -0.395 e. The van der Waals surface area contributed by atoms with E-state index in [1.165, 1.54) is 0 Å². The van der Waals surface area contributed by atoms with Crippen LogP contribution in [0.25, 0.3) is 10.9 Å². The minimum absolute atomic E-state index is 0.165. The third kappa shape index (κ3) is 2.35. The van der Waals surface area contributed by atoms with Gasteiger partial charge >= 0.3 is 0 Å². The van der Waals surface area contributed by atoms with E-state index in [9.17, 15) is 4.79 Å². The van der Waals surface area contributed by atoms with Crippen molar-refractivity contribution in [3.63, 3.8) is 0 Å². The number of rotatable bonds is 3. The molecule has 122 valence electrons. The van der Waals surface area contributed by atoms with Crippen LogP contribution in [0.15, 0.2) is 30.5 Å². The van der Waals surface area contributed by atoms with E-state index in [-0.39, 0.29) is 24.6 Å². The minimum atomic E-state index is 0.165. The first-order valence-corrected chi connectivity index (χ1v) is 8.39. The SMILES string of the molecule is Cn1cc(C(=O)N2C3CCC2CN(CCO)C3)c2ccccc21. The highest BCUT2D eigenvalue weighted by molar-refractivity contribution is 6.07. The number of fused-ring (bicyclic) bond motifs is 3. The van der Waals surface area contributed by atoms with Crippen LogP contribution in [0.2, 0.25) is 0 Å². The van der Waals surface area contributed by atoms with Crippen molar-refractivity contribution in [1.29, 1.82) is 0 Å². The number of amides is 1. The molecule has 1 N–H and O–H groups in total. The molecule has 0 aliphatic carbocycles. The summed E-state index contributed by atoms with van der Waals surface area (Å²) in [6.07, 6.45) is 4.11. The molecule has 2 fully saturated rings. The molecule has 4 rings (SSSR count). The standard InChI is InChI=1S/C18H23N3O2/c1-19-12-16(15-4-2-3-5-17(15)19)18(23)21-13-6-7-14(21)11-20(10-13)8-9-22/h2-5,12-14,22H,6-11H2,1H3. The number of aliphatic hydroxyl groups is 1. The Morgan fingerprint density at radius 2 is 1.91 bits per heavy atom. The van der Waals surface area contributed by atoms with Crippen LogP contribution < -0.4 is 0 Å². The van der Waals surface area contributed by atoms with E-state index >= 15 is 0 Å². The van der Waals surface area contributed by atoms with Gasteiger partial charge in [-0.2, -0.15) is 0 Å². The maximum absolute atomic E-state index is 13.2. The van der Waals surface area contributed by atoms with Crippen LogP contribution in [-0.2, 0) is 7.05 Å². The lowest BCUT2D eigenvalue weighted by Gasteiger charge is -2.40. The number of aryl methyl sites for hydroxylation is 1. The van der Waals surface area contributed by atoms with E-state index in [2.05, 4.69) is 15.9 Å². The number of piperazine rings is 1. The molecule has 3 heterocycles. The molecule has 2 bridgehead atoms. The lowest BCUT2D eigenvalue weighted by molar-refractivity contribution is 0.0388. The van der Waals surface area contributed by atoms with Crippen LogP contribution in [-0.4, -0.2) is 63.7 Å². The molecule has 0 spiro atoms. The van der Waals surface area contributed by atoms with Gasteiger partial charge in [0.15, 0.2) is 0 Å². The molecule has 5 heteroatoms. The van der Waals surface area contributed by atoms with Gasteiger partial charge in [-0.25, -0.2) is 0 Å². The summed E-state index contributed by atoms with van der Waals surface area (Å²) in [4.78, 5) is 17.6. The van der Waals surface area contributed by atoms with Crippen molar-refractivity contribution in [2.75, 3.05) is 26.2 Å². The van der Waals surface area contributed by atoms with Crippen LogP contribution in [0.5, 0.6) is 0 Å². The summed E-state index contributed by atoms with van der Waals surface area (Å²) in [5.74, 6) is 0.165. The molecule has 1 amide bonds. The smallest absolute Gasteiger partial charge is 0.256 e. The second-order valence-electron chi connectivity index (χ2n) is 6.75. The lowest BCUT2D eigenvalue weighted by Crippen LogP contribution is -2.56. The summed E-state index contributed by atoms with van der Waals surface area (Å²) >= 11 is 0. The second-order valence-corrected chi connectivity index (χ2v) is 6.75. The molecule has 23 heavy (non-hydrogen) atoms. The molecular formula is C18H23N3O2. The van der Waals surface area contributed by atoms with Crippen molar-refractivity contribution in [2.24, 2.45) is 7.05 Å². The van der Waals surface area contributed by atoms with Crippen molar-refractivity contribution < 1.29 is 9.90 Å². The first kappa shape index (κ1) is 14.7. The first-order valence-electron chi connectivity index (χ1n) is 8.39. The molecule has 2 aliphatic heterocycles. The molecule has 5 nitrogen and oxygen atoms in total. The molecule has 0 radical (unpaired) electrons. The summed E-state index contributed by atoms with van der Waals surface area (Å²) in [6.45, 7) is 2.67. The number of β-amino-alcohol motifs (C(OH)–C–C–N with tert-alkyl or cyclic N) is 1. The number of hydrogen-bond donors (Lipinski definition) is 1. The third-order valence-electron chi connectivity index (χ3n) is 5.34. The number of para-hydroxylation sites is 1. The number of carbonyl (C=O) groups excluding carboxylic acids is 1. The van der Waals surface area contributed by atoms with Gasteiger partial charge < -0.3 is 14.6 Å². The van der Waals surface area contributed by atoms with Gasteiger partial charge in [0, 0.05) is 55.9 Å². The van der Waals surface area contributed by atoms with E-state index in [0.29, 0.717) is 6.54 Å². The molecule has 1 aromatic carbocycles. The number of aliphatic hydroxyl groups excluding tert-OH is 1. The Morgan fingerprint density at radius 1 is 1.22 bits per heavy atom. The largest absolute Gasteiger partial charge is 0.395 e. The van der Waals surface area contributed by atoms with Crippen LogP contribution in [0, 0.1) is 0 Å². The van der Waals surface area contributed by atoms with Gasteiger partial charge in [-0.05, 0) is 18.9 Å². The summed E-state index contributed by atoms with van der Waals surface area (Å²) in [5, 5.41) is 10.2. The normalized spacial score (nSPS) is 24.5. The van der Waals surface area contributed by atoms with Crippen molar-refractivity contribution >= 4 is 16.8 Å². The highest BCUT2D eigenvalue weighted by Gasteiger charge is 2.42. The van der Waals surface area contributed by atoms with Crippen LogP contribution in [0.3, 0.4) is 0 Å². The Balaban J connectivity index is 1.65. The van der Waals surface area contributed by atoms with E-state index in [4.69, 9.17) is 5.11 Å². The molecule has 0 saturated carbocycles. The monoisotopic (exact) mass is 313 g/mol. The molecule has 2 aliphatic rings. The van der Waals surface area contributed by atoms with Gasteiger partial charge in [0.1, 0.15) is 0 Å². The van der Waals surface area contributed by atoms with Crippen molar-refractivity contribution in [2.45, 2.75) is 24.9 Å². The Hall–Kier alpha value is -1.85. The van der Waals surface area contributed by atoms with Crippen molar-refractivity contribution in [3.05, 3.63) is 36.0 Å². The van der Waals surface area contributed by atoms with Crippen LogP contribution >= 0.6 is 0 Å². The van der Waals surface area contributed by atoms with Gasteiger partial charge in [0.2, 0.25) is 0 Å². The van der Waals surface area contributed by atoms with Gasteiger partial charge in [-0.15, -0.1) is 0 Å². The number of nitrogens with zero attached hydrogens (tertiary/aromatic N) is 3. The maximum Gasteiger partial charge on any atom is 0.256 e. The fourth-order valence-corrected chi connectivity index (χ4v) is 4.30. The van der Waals surface area contributed by atoms with E-state index < -0.39 is 0 Å². The fourth-order valence-electron chi connectivity index (χ4n) is 4.30. The van der Waals surface area contributed by atoms with E-state index in [1.54, 1.807) is 0 Å². The molecule has 2 atom stereocenters. The Kier molecular flexibility index (Phi) is 3.62. The lowest BCUT2D eigenvalue weighted by atomic mass is 10.1. The molecule has 2 saturated heterocycles. The summed E-state index contributed by atoms with van der Waals surface area (Å²) in [5.41, 5.74) is 1.91. The van der Waals surface area contributed by atoms with E-state index in [1.807, 2.05) is 36.0 Å². The number of likely N-dealkylation sites (tertiary alicyclic amines) is 1. The van der Waals surface area contributed by atoms with Crippen LogP contribution in [0.4, 0.5) is 0 Å². The molecule has 2 aromatic rings.